The maximum absolute atomic E-state index is 10.5. The zero-order chi connectivity index (χ0) is 27.0. The van der Waals surface area contributed by atoms with Gasteiger partial charge < -0.3 is 34.6 Å². The summed E-state index contributed by atoms with van der Waals surface area (Å²) in [6, 6.07) is 19.3. The van der Waals surface area contributed by atoms with E-state index < -0.39 is 42.7 Å². The van der Waals surface area contributed by atoms with Crippen LogP contribution in [-0.4, -0.2) is 58.1 Å². The number of rotatable bonds is 7. The van der Waals surface area contributed by atoms with Gasteiger partial charge in [-0.3, -0.25) is 0 Å². The number of ether oxygens (including phenoxy) is 3. The van der Waals surface area contributed by atoms with Gasteiger partial charge >= 0.3 is 0 Å². The van der Waals surface area contributed by atoms with Gasteiger partial charge in [-0.2, -0.15) is 0 Å². The molecule has 8 heteroatoms. The van der Waals surface area contributed by atoms with Gasteiger partial charge in [0, 0.05) is 5.02 Å². The number of aliphatic hydroxyl groups is 4. The second kappa shape index (κ2) is 10.9. The van der Waals surface area contributed by atoms with E-state index in [0.717, 1.165) is 16.9 Å². The summed E-state index contributed by atoms with van der Waals surface area (Å²) in [4.78, 5) is 0. The molecule has 0 bridgehead atoms. The summed E-state index contributed by atoms with van der Waals surface area (Å²) in [6.07, 6.45) is -5.55. The summed E-state index contributed by atoms with van der Waals surface area (Å²) < 4.78 is 17.9. The van der Waals surface area contributed by atoms with Crippen molar-refractivity contribution < 1.29 is 34.6 Å². The fourth-order valence-electron chi connectivity index (χ4n) is 5.25. The third-order valence-electron chi connectivity index (χ3n) is 7.64. The van der Waals surface area contributed by atoms with Gasteiger partial charge in [0.2, 0.25) is 0 Å². The molecule has 1 saturated heterocycles. The standard InChI is InChI=1S/C30H33ClO7/c1-17-4-3-5-23-22(17)15-37-30(23,2)16-36-21-9-6-18(7-10-21)12-20-13-19(8-11-24(20)31)29-28(35)27(34)26(33)25(14-32)38-29/h3-11,13,25-29,32-35H,12,14-16H2,1-2H3/t25-,26-,27+,28-,29+,30?/m1/s1. The van der Waals surface area contributed by atoms with Gasteiger partial charge in [0.15, 0.2) is 0 Å². The highest BCUT2D eigenvalue weighted by Gasteiger charge is 2.44. The van der Waals surface area contributed by atoms with Crippen molar-refractivity contribution >= 4 is 11.6 Å². The Morgan fingerprint density at radius 1 is 1.00 bits per heavy atom. The first kappa shape index (κ1) is 27.1. The first-order valence-electron chi connectivity index (χ1n) is 12.7. The number of fused-ring (bicyclic) bond motifs is 1. The van der Waals surface area contributed by atoms with Crippen molar-refractivity contribution in [3.05, 3.63) is 99.1 Å². The summed E-state index contributed by atoms with van der Waals surface area (Å²) in [5, 5.41) is 40.8. The smallest absolute Gasteiger partial charge is 0.125 e. The van der Waals surface area contributed by atoms with Crippen molar-refractivity contribution in [3.63, 3.8) is 0 Å². The first-order valence-corrected chi connectivity index (χ1v) is 13.1. The molecule has 0 radical (unpaired) electrons. The molecule has 6 atom stereocenters. The Balaban J connectivity index is 1.26. The average Bonchev–Trinajstić information content (AvgIpc) is 3.26. The number of hydrogen-bond donors (Lipinski definition) is 4. The number of aliphatic hydroxyl groups excluding tert-OH is 4. The van der Waals surface area contributed by atoms with Gasteiger partial charge in [-0.1, -0.05) is 54.1 Å². The van der Waals surface area contributed by atoms with E-state index in [1.807, 2.05) is 36.4 Å². The number of aryl methyl sites for hydroxylation is 1. The van der Waals surface area contributed by atoms with Crippen LogP contribution in [0.5, 0.6) is 5.75 Å². The van der Waals surface area contributed by atoms with Crippen LogP contribution < -0.4 is 4.74 Å². The van der Waals surface area contributed by atoms with E-state index in [2.05, 4.69) is 26.0 Å². The van der Waals surface area contributed by atoms with Crippen LogP contribution in [0.25, 0.3) is 0 Å². The van der Waals surface area contributed by atoms with Gasteiger partial charge in [0.25, 0.3) is 0 Å². The van der Waals surface area contributed by atoms with E-state index in [9.17, 15) is 20.4 Å². The molecule has 2 aliphatic rings. The number of halogens is 1. The fourth-order valence-corrected chi connectivity index (χ4v) is 5.43. The molecule has 3 aromatic rings. The monoisotopic (exact) mass is 540 g/mol. The Hall–Kier alpha value is -2.49. The molecule has 0 spiro atoms. The number of benzene rings is 3. The highest BCUT2D eigenvalue weighted by Crippen LogP contribution is 2.38. The number of hydrogen-bond acceptors (Lipinski definition) is 7. The van der Waals surface area contributed by atoms with Crippen molar-refractivity contribution in [2.75, 3.05) is 13.2 Å². The van der Waals surface area contributed by atoms with Crippen molar-refractivity contribution in [1.29, 1.82) is 0 Å². The van der Waals surface area contributed by atoms with Crippen LogP contribution in [-0.2, 0) is 28.1 Å². The summed E-state index contributed by atoms with van der Waals surface area (Å²) in [6.45, 7) is 4.66. The van der Waals surface area contributed by atoms with Gasteiger partial charge in [-0.25, -0.2) is 0 Å². The van der Waals surface area contributed by atoms with E-state index in [-0.39, 0.29) is 0 Å². The Morgan fingerprint density at radius 3 is 2.50 bits per heavy atom. The molecule has 0 aliphatic carbocycles. The minimum atomic E-state index is -1.44. The van der Waals surface area contributed by atoms with Crippen LogP contribution in [0.3, 0.4) is 0 Å². The van der Waals surface area contributed by atoms with E-state index in [0.29, 0.717) is 30.2 Å². The Labute approximate surface area is 227 Å². The molecule has 5 rings (SSSR count). The van der Waals surface area contributed by atoms with Crippen molar-refractivity contribution in [1.82, 2.24) is 0 Å². The fraction of sp³-hybridized carbons (Fsp3) is 0.400. The normalized spacial score (nSPS) is 28.8. The maximum Gasteiger partial charge on any atom is 0.125 e. The molecule has 202 valence electrons. The molecule has 38 heavy (non-hydrogen) atoms. The van der Waals surface area contributed by atoms with Crippen LogP contribution in [0.15, 0.2) is 60.7 Å². The minimum absolute atomic E-state index is 0.399. The molecule has 3 aromatic carbocycles. The predicted molar refractivity (Wildman–Crippen MR) is 142 cm³/mol. The summed E-state index contributed by atoms with van der Waals surface area (Å²) in [5.74, 6) is 0.737. The third kappa shape index (κ3) is 5.20. The van der Waals surface area contributed by atoms with E-state index >= 15 is 0 Å². The quantitative estimate of drug-likeness (QED) is 0.363. The minimum Gasteiger partial charge on any atom is -0.490 e. The third-order valence-corrected chi connectivity index (χ3v) is 8.01. The second-order valence-electron chi connectivity index (χ2n) is 10.3. The van der Waals surface area contributed by atoms with Crippen LogP contribution in [0.1, 0.15) is 46.4 Å². The van der Waals surface area contributed by atoms with Gasteiger partial charge in [0.05, 0.1) is 13.2 Å². The molecule has 4 N–H and O–H groups in total. The maximum atomic E-state index is 10.5. The lowest BCUT2D eigenvalue weighted by molar-refractivity contribution is -0.231. The van der Waals surface area contributed by atoms with Crippen molar-refractivity contribution in [3.8, 4) is 5.75 Å². The van der Waals surface area contributed by atoms with E-state index in [1.165, 1.54) is 16.7 Å². The highest BCUT2D eigenvalue weighted by atomic mass is 35.5. The summed E-state index contributed by atoms with van der Waals surface area (Å²) in [5.41, 5.74) is 5.55. The SMILES string of the molecule is Cc1cccc2c1COC2(C)COc1ccc(Cc2cc([C@@H]3O[C@H](CO)[C@@H](O)[C@H](O)[C@H]3O)ccc2Cl)cc1. The van der Waals surface area contributed by atoms with Crippen molar-refractivity contribution in [2.45, 2.75) is 63.0 Å². The van der Waals surface area contributed by atoms with E-state index in [1.54, 1.807) is 12.1 Å². The van der Waals surface area contributed by atoms with Crippen LogP contribution in [0.2, 0.25) is 5.02 Å². The highest BCUT2D eigenvalue weighted by molar-refractivity contribution is 6.31. The van der Waals surface area contributed by atoms with Crippen LogP contribution in [0, 0.1) is 6.92 Å². The van der Waals surface area contributed by atoms with Crippen LogP contribution in [0.4, 0.5) is 0 Å². The molecule has 1 fully saturated rings. The molecule has 2 heterocycles. The Bertz CT molecular complexity index is 1280. The lowest BCUT2D eigenvalue weighted by Crippen LogP contribution is -2.55. The molecule has 2 aliphatic heterocycles. The lowest BCUT2D eigenvalue weighted by Gasteiger charge is -2.40. The van der Waals surface area contributed by atoms with Gasteiger partial charge in [-0.05, 0) is 71.8 Å². The average molecular weight is 541 g/mol. The zero-order valence-electron chi connectivity index (χ0n) is 21.4. The zero-order valence-corrected chi connectivity index (χ0v) is 22.1. The van der Waals surface area contributed by atoms with Crippen LogP contribution >= 0.6 is 11.6 Å². The Morgan fingerprint density at radius 2 is 1.76 bits per heavy atom. The topological polar surface area (TPSA) is 109 Å². The summed E-state index contributed by atoms with van der Waals surface area (Å²) >= 11 is 6.48. The molecule has 0 aromatic heterocycles. The first-order chi connectivity index (χ1) is 18.2. The molecular formula is C30H33ClO7. The lowest BCUT2D eigenvalue weighted by atomic mass is 9.90. The molecule has 0 saturated carbocycles. The van der Waals surface area contributed by atoms with Gasteiger partial charge in [0.1, 0.15) is 48.5 Å². The van der Waals surface area contributed by atoms with Crippen molar-refractivity contribution in [2.24, 2.45) is 0 Å². The second-order valence-corrected chi connectivity index (χ2v) is 10.7. The molecule has 0 amide bonds. The molecule has 7 nitrogen and oxygen atoms in total. The molecule has 1 unspecified atom stereocenters. The molecular weight excluding hydrogens is 508 g/mol. The Kier molecular flexibility index (Phi) is 7.80. The predicted octanol–water partition coefficient (Wildman–Crippen LogP) is 3.58. The van der Waals surface area contributed by atoms with E-state index in [4.69, 9.17) is 25.8 Å². The largest absolute Gasteiger partial charge is 0.490 e. The summed E-state index contributed by atoms with van der Waals surface area (Å²) in [7, 11) is 0. The van der Waals surface area contributed by atoms with Gasteiger partial charge in [-0.15, -0.1) is 0 Å².